The van der Waals surface area contributed by atoms with E-state index < -0.39 is 53.8 Å². The van der Waals surface area contributed by atoms with Gasteiger partial charge in [0.2, 0.25) is 23.6 Å². The molecule has 2 aromatic rings. The summed E-state index contributed by atoms with van der Waals surface area (Å²) in [4.78, 5) is 67.0. The lowest BCUT2D eigenvalue weighted by Gasteiger charge is -2.25. The highest BCUT2D eigenvalue weighted by atomic mass is 16.4. The molecule has 45 heavy (non-hydrogen) atoms. The summed E-state index contributed by atoms with van der Waals surface area (Å²) in [5.74, 6) is -4.66. The van der Waals surface area contributed by atoms with Gasteiger partial charge in [-0.05, 0) is 54.7 Å². The second-order valence-electron chi connectivity index (χ2n) is 10.3. The number of phenols is 2. The Morgan fingerprint density at radius 3 is 1.64 bits per heavy atom. The van der Waals surface area contributed by atoms with E-state index in [0.29, 0.717) is 17.5 Å². The molecule has 0 heterocycles. The highest BCUT2D eigenvalue weighted by Crippen LogP contribution is 2.14. The van der Waals surface area contributed by atoms with Gasteiger partial charge >= 0.3 is 5.97 Å². The Bertz CT molecular complexity index is 1350. The van der Waals surface area contributed by atoms with Crippen molar-refractivity contribution in [3.05, 3.63) is 59.7 Å². The summed E-state index contributed by atoms with van der Waals surface area (Å²) in [5.41, 5.74) is 22.9. The van der Waals surface area contributed by atoms with Crippen LogP contribution in [0.25, 0.3) is 0 Å². The van der Waals surface area contributed by atoms with Crippen molar-refractivity contribution in [1.82, 2.24) is 16.0 Å². The van der Waals surface area contributed by atoms with Crippen LogP contribution in [0.4, 0.5) is 0 Å². The van der Waals surface area contributed by atoms with Crippen LogP contribution < -0.4 is 38.9 Å². The third kappa shape index (κ3) is 13.2. The van der Waals surface area contributed by atoms with E-state index in [-0.39, 0.29) is 56.1 Å². The van der Waals surface area contributed by atoms with Crippen LogP contribution in [0.1, 0.15) is 36.8 Å². The summed E-state index contributed by atoms with van der Waals surface area (Å²) in [6.45, 7) is 0.238. The molecule has 16 nitrogen and oxygen atoms in total. The molecule has 0 saturated heterocycles. The third-order valence-corrected chi connectivity index (χ3v) is 6.62. The second kappa shape index (κ2) is 17.7. The number of nitrogens with two attached hydrogens (primary N) is 4. The molecule has 2 rings (SSSR count). The van der Waals surface area contributed by atoms with Crippen molar-refractivity contribution in [2.75, 3.05) is 6.54 Å². The summed E-state index contributed by atoms with van der Waals surface area (Å²) < 4.78 is 0. The first-order chi connectivity index (χ1) is 21.2. The topological polar surface area (TPSA) is 299 Å². The number of aromatic hydroxyl groups is 2. The number of amides is 4. The molecular weight excluding hydrogens is 588 g/mol. The van der Waals surface area contributed by atoms with Crippen molar-refractivity contribution in [2.45, 2.75) is 62.7 Å². The van der Waals surface area contributed by atoms with E-state index in [2.05, 4.69) is 20.9 Å². The molecule has 0 aromatic heterocycles. The maximum atomic E-state index is 13.5. The molecule has 4 amide bonds. The highest BCUT2D eigenvalue weighted by molar-refractivity contribution is 5.94. The lowest BCUT2D eigenvalue weighted by molar-refractivity contribution is -0.142. The lowest BCUT2D eigenvalue weighted by Crippen LogP contribution is -2.58. The smallest absolute Gasteiger partial charge is 0.326 e. The van der Waals surface area contributed by atoms with Crippen LogP contribution in [0.5, 0.6) is 11.5 Å². The largest absolute Gasteiger partial charge is 0.508 e. The first kappa shape index (κ1) is 35.8. The third-order valence-electron chi connectivity index (χ3n) is 6.62. The standard InChI is InChI=1S/C29H40N8O8/c30-20(2-1-13-34-29(32)33)25(41)36-22(14-16-3-7-18(38)8-4-16)27(43)35-21(11-12-24(31)40)26(42)37-23(28(44)45)15-17-5-9-19(39)10-6-17/h3-10,20-23,38-39H,1-2,11-15,30H2,(H2,31,40)(H,35,43)(H,36,41)(H,37,42)(H,44,45)(H4,32,33,34). The van der Waals surface area contributed by atoms with Crippen LogP contribution in [0.2, 0.25) is 0 Å². The number of carbonyl (C=O) groups excluding carboxylic acids is 4. The molecule has 0 spiro atoms. The molecule has 0 aliphatic carbocycles. The van der Waals surface area contributed by atoms with Crippen LogP contribution in [0.3, 0.4) is 0 Å². The SMILES string of the molecule is NC(=O)CCC(NC(=O)C(Cc1ccc(O)cc1)NC(=O)C(N)CCCN=C(N)N)C(=O)NC(Cc1ccc(O)cc1)C(=O)O. The lowest BCUT2D eigenvalue weighted by atomic mass is 10.0. The number of nitrogens with zero attached hydrogens (tertiary/aromatic N) is 1. The van der Waals surface area contributed by atoms with Crippen LogP contribution in [-0.4, -0.2) is 81.6 Å². The number of phenolic OH excluding ortho intramolecular Hbond substituents is 2. The van der Waals surface area contributed by atoms with Gasteiger partial charge in [0.25, 0.3) is 0 Å². The number of carboxylic acids is 1. The zero-order valence-corrected chi connectivity index (χ0v) is 24.5. The number of carbonyl (C=O) groups is 5. The minimum absolute atomic E-state index is 0.0185. The van der Waals surface area contributed by atoms with Crippen molar-refractivity contribution in [2.24, 2.45) is 27.9 Å². The first-order valence-corrected chi connectivity index (χ1v) is 14.0. The van der Waals surface area contributed by atoms with Gasteiger partial charge in [0, 0.05) is 25.8 Å². The van der Waals surface area contributed by atoms with Crippen LogP contribution >= 0.6 is 0 Å². The van der Waals surface area contributed by atoms with E-state index in [1.807, 2.05) is 0 Å². The molecule has 16 heteroatoms. The molecule has 2 aromatic carbocycles. The van der Waals surface area contributed by atoms with Gasteiger partial charge in [0.15, 0.2) is 5.96 Å². The second-order valence-corrected chi connectivity index (χ2v) is 10.3. The molecule has 14 N–H and O–H groups in total. The normalized spacial score (nSPS) is 13.4. The van der Waals surface area contributed by atoms with Gasteiger partial charge < -0.3 is 54.2 Å². The van der Waals surface area contributed by atoms with Gasteiger partial charge in [-0.15, -0.1) is 0 Å². The Labute approximate surface area is 259 Å². The number of benzene rings is 2. The molecule has 4 atom stereocenters. The van der Waals surface area contributed by atoms with Gasteiger partial charge in [-0.3, -0.25) is 24.2 Å². The molecule has 0 saturated carbocycles. The van der Waals surface area contributed by atoms with E-state index in [9.17, 15) is 39.3 Å². The van der Waals surface area contributed by atoms with Gasteiger partial charge in [0.1, 0.15) is 29.6 Å². The Hall–Kier alpha value is -5.38. The predicted molar refractivity (Wildman–Crippen MR) is 163 cm³/mol. The summed E-state index contributed by atoms with van der Waals surface area (Å²) in [5, 5.41) is 36.3. The number of aliphatic carboxylic acids is 1. The quantitative estimate of drug-likeness (QED) is 0.0492. The minimum atomic E-state index is -1.42. The van der Waals surface area contributed by atoms with E-state index in [1.54, 1.807) is 0 Å². The fourth-order valence-electron chi connectivity index (χ4n) is 4.17. The van der Waals surface area contributed by atoms with Gasteiger partial charge in [0.05, 0.1) is 6.04 Å². The van der Waals surface area contributed by atoms with Gasteiger partial charge in [-0.1, -0.05) is 24.3 Å². The summed E-state index contributed by atoms with van der Waals surface area (Å²) in [7, 11) is 0. The monoisotopic (exact) mass is 628 g/mol. The molecular formula is C29H40N8O8. The maximum absolute atomic E-state index is 13.5. The maximum Gasteiger partial charge on any atom is 0.326 e. The summed E-state index contributed by atoms with van der Waals surface area (Å²) in [6, 6.07) is 6.46. The Balaban J connectivity index is 2.23. The van der Waals surface area contributed by atoms with Crippen LogP contribution in [0.15, 0.2) is 53.5 Å². The zero-order valence-electron chi connectivity index (χ0n) is 24.5. The zero-order chi connectivity index (χ0) is 33.5. The van der Waals surface area contributed by atoms with Gasteiger partial charge in [-0.2, -0.15) is 0 Å². The van der Waals surface area contributed by atoms with Crippen LogP contribution in [-0.2, 0) is 36.8 Å². The molecule has 244 valence electrons. The predicted octanol–water partition coefficient (Wildman–Crippen LogP) is -1.93. The van der Waals surface area contributed by atoms with Crippen molar-refractivity contribution < 1.29 is 39.3 Å². The van der Waals surface area contributed by atoms with E-state index >= 15 is 0 Å². The summed E-state index contributed by atoms with van der Waals surface area (Å²) >= 11 is 0. The average Bonchev–Trinajstić information content (AvgIpc) is 2.98. The van der Waals surface area contributed by atoms with Crippen LogP contribution in [0, 0.1) is 0 Å². The molecule has 0 aliphatic rings. The molecule has 0 aliphatic heterocycles. The number of hydrogen-bond donors (Lipinski definition) is 10. The number of hydrogen-bond acceptors (Lipinski definition) is 9. The number of rotatable bonds is 18. The molecule has 0 bridgehead atoms. The highest BCUT2D eigenvalue weighted by Gasteiger charge is 2.31. The molecule has 0 radical (unpaired) electrons. The number of primary amides is 1. The van der Waals surface area contributed by atoms with E-state index in [1.165, 1.54) is 48.5 Å². The molecule has 0 fully saturated rings. The van der Waals surface area contributed by atoms with Crippen molar-refractivity contribution in [1.29, 1.82) is 0 Å². The Kier molecular flexibility index (Phi) is 14.1. The van der Waals surface area contributed by atoms with E-state index in [0.717, 1.165) is 0 Å². The molecule has 4 unspecified atom stereocenters. The fourth-order valence-corrected chi connectivity index (χ4v) is 4.17. The number of nitrogens with one attached hydrogen (secondary N) is 3. The number of aliphatic imine (C=N–C) groups is 1. The van der Waals surface area contributed by atoms with Crippen molar-refractivity contribution in [3.8, 4) is 11.5 Å². The van der Waals surface area contributed by atoms with E-state index in [4.69, 9.17) is 22.9 Å². The fraction of sp³-hybridized carbons (Fsp3) is 0.379. The average molecular weight is 629 g/mol. The number of guanidine groups is 1. The van der Waals surface area contributed by atoms with Gasteiger partial charge in [-0.25, -0.2) is 4.79 Å². The minimum Gasteiger partial charge on any atom is -0.508 e. The number of carboxylic acid groups (broad SMARTS) is 1. The Morgan fingerprint density at radius 1 is 0.689 bits per heavy atom. The Morgan fingerprint density at radius 2 is 1.16 bits per heavy atom. The van der Waals surface area contributed by atoms with Crippen molar-refractivity contribution >= 4 is 35.6 Å². The first-order valence-electron chi connectivity index (χ1n) is 14.0. The van der Waals surface area contributed by atoms with Crippen molar-refractivity contribution in [3.63, 3.8) is 0 Å². The summed E-state index contributed by atoms with van der Waals surface area (Å²) in [6.07, 6.45) is -0.213.